The minimum atomic E-state index is -0.249. The topological polar surface area (TPSA) is 52.7 Å². The van der Waals surface area contributed by atoms with Crippen LogP contribution >= 0.6 is 0 Å². The van der Waals surface area contributed by atoms with Crippen LogP contribution in [-0.2, 0) is 9.59 Å². The fourth-order valence-corrected chi connectivity index (χ4v) is 3.34. The van der Waals surface area contributed by atoms with Gasteiger partial charge in [0.1, 0.15) is 0 Å². The second kappa shape index (κ2) is 5.35. The summed E-state index contributed by atoms with van der Waals surface area (Å²) in [6.45, 7) is 6.71. The van der Waals surface area contributed by atoms with E-state index in [1.54, 1.807) is 0 Å². The molecule has 1 saturated carbocycles. The number of carbonyl (C=O) groups is 2. The molecule has 1 N–H and O–H groups in total. The number of hydrogen-bond acceptors (Lipinski definition) is 3. The van der Waals surface area contributed by atoms with Gasteiger partial charge in [0.2, 0.25) is 11.8 Å². The first-order chi connectivity index (χ1) is 9.60. The summed E-state index contributed by atoms with van der Waals surface area (Å²) in [5.41, 5.74) is -0.249. The molecule has 3 aliphatic rings. The molecule has 2 amide bonds. The first-order valence-corrected chi connectivity index (χ1v) is 7.89. The molecule has 0 radical (unpaired) electrons. The standard InChI is InChI=1S/C15H25N3O2/c1-15(5-2-6-16-11-15)14(20)18-9-7-17(8-10-18)13(19)12-3-4-12/h12,16H,2-11H2,1H3. The zero-order valence-electron chi connectivity index (χ0n) is 12.4. The van der Waals surface area contributed by atoms with Gasteiger partial charge in [0.15, 0.2) is 0 Å². The number of piperazine rings is 1. The van der Waals surface area contributed by atoms with Crippen LogP contribution in [0, 0.1) is 11.3 Å². The van der Waals surface area contributed by atoms with Gasteiger partial charge in [0, 0.05) is 38.6 Å². The number of carbonyl (C=O) groups excluding carboxylic acids is 2. The van der Waals surface area contributed by atoms with E-state index in [1.165, 1.54) is 0 Å². The second-order valence-corrected chi connectivity index (χ2v) is 6.73. The van der Waals surface area contributed by atoms with Crippen LogP contribution < -0.4 is 5.32 Å². The monoisotopic (exact) mass is 279 g/mol. The predicted molar refractivity (Wildman–Crippen MR) is 76.1 cm³/mol. The van der Waals surface area contributed by atoms with Gasteiger partial charge in [-0.25, -0.2) is 0 Å². The number of rotatable bonds is 2. The largest absolute Gasteiger partial charge is 0.339 e. The maximum atomic E-state index is 12.7. The number of hydrogen-bond donors (Lipinski definition) is 1. The van der Waals surface area contributed by atoms with Crippen molar-refractivity contribution in [2.75, 3.05) is 39.3 Å². The number of nitrogens with one attached hydrogen (secondary N) is 1. The fourth-order valence-electron chi connectivity index (χ4n) is 3.34. The third-order valence-electron chi connectivity index (χ3n) is 4.92. The molecule has 5 heteroatoms. The Kier molecular flexibility index (Phi) is 3.71. The van der Waals surface area contributed by atoms with Crippen molar-refractivity contribution >= 4 is 11.8 Å². The van der Waals surface area contributed by atoms with Gasteiger partial charge >= 0.3 is 0 Å². The van der Waals surface area contributed by atoms with Crippen molar-refractivity contribution in [2.45, 2.75) is 32.6 Å². The van der Waals surface area contributed by atoms with Crippen LogP contribution in [0.25, 0.3) is 0 Å². The lowest BCUT2D eigenvalue weighted by Gasteiger charge is -2.41. The summed E-state index contributed by atoms with van der Waals surface area (Å²) in [5, 5.41) is 3.33. The number of piperidine rings is 1. The molecule has 3 fully saturated rings. The summed E-state index contributed by atoms with van der Waals surface area (Å²) in [7, 11) is 0. The number of nitrogens with zero attached hydrogens (tertiary/aromatic N) is 2. The molecule has 0 aromatic rings. The van der Waals surface area contributed by atoms with Crippen LogP contribution in [-0.4, -0.2) is 60.9 Å². The Morgan fingerprint density at radius 3 is 2.30 bits per heavy atom. The lowest BCUT2D eigenvalue weighted by molar-refractivity contribution is -0.147. The maximum absolute atomic E-state index is 12.7. The molecular weight excluding hydrogens is 254 g/mol. The minimum absolute atomic E-state index is 0.249. The van der Waals surface area contributed by atoms with Crippen molar-refractivity contribution < 1.29 is 9.59 Å². The summed E-state index contributed by atoms with van der Waals surface area (Å²) in [6.07, 6.45) is 4.16. The molecule has 3 rings (SSSR count). The van der Waals surface area contributed by atoms with Crippen molar-refractivity contribution in [1.29, 1.82) is 0 Å². The van der Waals surface area contributed by atoms with E-state index < -0.39 is 0 Å². The smallest absolute Gasteiger partial charge is 0.229 e. The highest BCUT2D eigenvalue weighted by atomic mass is 16.2. The molecule has 2 saturated heterocycles. The first-order valence-electron chi connectivity index (χ1n) is 7.89. The first kappa shape index (κ1) is 13.9. The van der Waals surface area contributed by atoms with E-state index in [4.69, 9.17) is 0 Å². The van der Waals surface area contributed by atoms with E-state index in [0.717, 1.165) is 38.8 Å². The lowest BCUT2D eigenvalue weighted by Crippen LogP contribution is -2.56. The van der Waals surface area contributed by atoms with Crippen LogP contribution in [0.5, 0.6) is 0 Å². The van der Waals surface area contributed by atoms with E-state index in [-0.39, 0.29) is 17.2 Å². The Balaban J connectivity index is 1.54. The van der Waals surface area contributed by atoms with Gasteiger partial charge < -0.3 is 15.1 Å². The van der Waals surface area contributed by atoms with Gasteiger partial charge in [-0.15, -0.1) is 0 Å². The Labute approximate surface area is 120 Å². The summed E-state index contributed by atoms with van der Waals surface area (Å²) in [5.74, 6) is 0.864. The van der Waals surface area contributed by atoms with Crippen LogP contribution in [0.2, 0.25) is 0 Å². The van der Waals surface area contributed by atoms with Gasteiger partial charge in [-0.2, -0.15) is 0 Å². The van der Waals surface area contributed by atoms with Crippen LogP contribution in [0.15, 0.2) is 0 Å². The van der Waals surface area contributed by atoms with Crippen LogP contribution in [0.1, 0.15) is 32.6 Å². The van der Waals surface area contributed by atoms with Crippen molar-refractivity contribution in [1.82, 2.24) is 15.1 Å². The molecule has 0 aromatic heterocycles. The van der Waals surface area contributed by atoms with Gasteiger partial charge in [-0.3, -0.25) is 9.59 Å². The van der Waals surface area contributed by atoms with Crippen molar-refractivity contribution in [2.24, 2.45) is 11.3 Å². The Hall–Kier alpha value is -1.10. The van der Waals surface area contributed by atoms with Crippen molar-refractivity contribution in [3.8, 4) is 0 Å². The second-order valence-electron chi connectivity index (χ2n) is 6.73. The van der Waals surface area contributed by atoms with Gasteiger partial charge in [0.25, 0.3) is 0 Å². The molecule has 0 bridgehead atoms. The third-order valence-corrected chi connectivity index (χ3v) is 4.92. The predicted octanol–water partition coefficient (Wildman–Crippen LogP) is 0.457. The average molecular weight is 279 g/mol. The van der Waals surface area contributed by atoms with Gasteiger partial charge in [0.05, 0.1) is 5.41 Å². The molecule has 2 aliphatic heterocycles. The molecule has 1 aliphatic carbocycles. The summed E-state index contributed by atoms with van der Waals surface area (Å²) in [4.78, 5) is 28.6. The highest BCUT2D eigenvalue weighted by Gasteiger charge is 2.40. The normalized spacial score (nSPS) is 31.2. The molecule has 5 nitrogen and oxygen atoms in total. The molecule has 1 atom stereocenters. The zero-order chi connectivity index (χ0) is 14.2. The summed E-state index contributed by atoms with van der Waals surface area (Å²) >= 11 is 0. The van der Waals surface area contributed by atoms with Crippen molar-refractivity contribution in [3.63, 3.8) is 0 Å². The highest BCUT2D eigenvalue weighted by Crippen LogP contribution is 2.32. The van der Waals surface area contributed by atoms with Gasteiger partial charge in [-0.05, 0) is 39.2 Å². The Morgan fingerprint density at radius 1 is 1.10 bits per heavy atom. The highest BCUT2D eigenvalue weighted by molar-refractivity contribution is 5.84. The van der Waals surface area contributed by atoms with E-state index in [2.05, 4.69) is 12.2 Å². The summed E-state index contributed by atoms with van der Waals surface area (Å²) in [6, 6.07) is 0. The summed E-state index contributed by atoms with van der Waals surface area (Å²) < 4.78 is 0. The molecule has 112 valence electrons. The van der Waals surface area contributed by atoms with E-state index in [0.29, 0.717) is 32.1 Å². The minimum Gasteiger partial charge on any atom is -0.339 e. The molecule has 0 aromatic carbocycles. The molecule has 20 heavy (non-hydrogen) atoms. The van der Waals surface area contributed by atoms with Crippen LogP contribution in [0.3, 0.4) is 0 Å². The fraction of sp³-hybridized carbons (Fsp3) is 0.867. The van der Waals surface area contributed by atoms with E-state index >= 15 is 0 Å². The average Bonchev–Trinajstić information content (AvgIpc) is 3.31. The molecule has 1 unspecified atom stereocenters. The third kappa shape index (κ3) is 2.68. The van der Waals surface area contributed by atoms with Crippen LogP contribution in [0.4, 0.5) is 0 Å². The van der Waals surface area contributed by atoms with E-state index in [1.807, 2.05) is 9.80 Å². The SMILES string of the molecule is CC1(C(=O)N2CCN(C(=O)C3CC3)CC2)CCCNC1. The molecule has 0 spiro atoms. The molecular formula is C15H25N3O2. The van der Waals surface area contributed by atoms with Crippen molar-refractivity contribution in [3.05, 3.63) is 0 Å². The van der Waals surface area contributed by atoms with Gasteiger partial charge in [-0.1, -0.05) is 0 Å². The number of amides is 2. The molecule has 2 heterocycles. The Morgan fingerprint density at radius 2 is 1.75 bits per heavy atom. The quantitative estimate of drug-likeness (QED) is 0.799. The van der Waals surface area contributed by atoms with E-state index in [9.17, 15) is 9.59 Å². The maximum Gasteiger partial charge on any atom is 0.229 e. The lowest BCUT2D eigenvalue weighted by atomic mass is 9.81. The Bertz CT molecular complexity index is 392. The zero-order valence-corrected chi connectivity index (χ0v) is 12.4.